The van der Waals surface area contributed by atoms with Gasteiger partial charge in [-0.2, -0.15) is 0 Å². The lowest BCUT2D eigenvalue weighted by molar-refractivity contribution is -0.274. The molecule has 0 aliphatic carbocycles. The molecule has 186 valence electrons. The van der Waals surface area contributed by atoms with E-state index in [9.17, 15) is 27.6 Å². The van der Waals surface area contributed by atoms with Gasteiger partial charge in [0, 0.05) is 13.1 Å². The average molecular weight is 510 g/mol. The van der Waals surface area contributed by atoms with Crippen molar-refractivity contribution < 1.29 is 32.3 Å². The Bertz CT molecular complexity index is 1200. The van der Waals surface area contributed by atoms with Gasteiger partial charge in [0.15, 0.2) is 5.13 Å². The number of nitrogens with two attached hydrogens (primary N) is 1. The number of likely N-dealkylation sites (N-methyl/N-ethyl adjacent to an activating group) is 1. The van der Waals surface area contributed by atoms with E-state index in [-0.39, 0.29) is 18.2 Å². The van der Waals surface area contributed by atoms with E-state index < -0.39 is 35.9 Å². The summed E-state index contributed by atoms with van der Waals surface area (Å²) in [4.78, 5) is 42.0. The van der Waals surface area contributed by atoms with Crippen molar-refractivity contribution in [1.82, 2.24) is 15.2 Å². The third kappa shape index (κ3) is 7.93. The number of ether oxygens (including phenoxy) is 1. The fourth-order valence-electron chi connectivity index (χ4n) is 3.01. The van der Waals surface area contributed by atoms with Gasteiger partial charge in [-0.25, -0.2) is 4.98 Å². The van der Waals surface area contributed by atoms with Gasteiger partial charge in [-0.3, -0.25) is 14.4 Å². The molecule has 0 unspecified atom stereocenters. The van der Waals surface area contributed by atoms with Crippen molar-refractivity contribution in [2.24, 2.45) is 5.73 Å². The van der Waals surface area contributed by atoms with Gasteiger partial charge in [0.2, 0.25) is 17.7 Å². The van der Waals surface area contributed by atoms with Crippen LogP contribution in [-0.2, 0) is 20.8 Å². The van der Waals surface area contributed by atoms with Crippen LogP contribution in [0.25, 0.3) is 10.2 Å². The fourth-order valence-corrected chi connectivity index (χ4v) is 3.92. The number of carbonyl (C=O) groups is 3. The predicted octanol–water partition coefficient (Wildman–Crippen LogP) is 2.28. The number of nitrogens with zero attached hydrogens (tertiary/aromatic N) is 2. The summed E-state index contributed by atoms with van der Waals surface area (Å²) in [5.74, 6) is -1.98. The maximum atomic E-state index is 12.4. The molecular weight excluding hydrogens is 487 g/mol. The van der Waals surface area contributed by atoms with Gasteiger partial charge in [-0.05, 0) is 24.1 Å². The molecule has 0 spiro atoms. The first kappa shape index (κ1) is 25.9. The zero-order valence-corrected chi connectivity index (χ0v) is 19.3. The largest absolute Gasteiger partial charge is 0.573 e. The molecule has 3 amide bonds. The first-order valence-electron chi connectivity index (χ1n) is 10.3. The monoisotopic (exact) mass is 509 g/mol. The summed E-state index contributed by atoms with van der Waals surface area (Å²) >= 11 is 0.955. The Labute approximate surface area is 202 Å². The first-order valence-corrected chi connectivity index (χ1v) is 11.1. The lowest BCUT2D eigenvalue weighted by Crippen LogP contribution is -2.47. The normalized spacial score (nSPS) is 12.1. The maximum absolute atomic E-state index is 12.4. The summed E-state index contributed by atoms with van der Waals surface area (Å²) < 4.78 is 41.4. The minimum absolute atomic E-state index is 0.148. The van der Waals surface area contributed by atoms with Crippen LogP contribution in [0, 0.1) is 0 Å². The zero-order valence-electron chi connectivity index (χ0n) is 18.5. The quantitative estimate of drug-likeness (QED) is 0.406. The van der Waals surface area contributed by atoms with Gasteiger partial charge in [0.25, 0.3) is 0 Å². The van der Waals surface area contributed by atoms with E-state index in [0.717, 1.165) is 33.9 Å². The van der Waals surface area contributed by atoms with Crippen molar-refractivity contribution in [2.75, 3.05) is 25.5 Å². The molecule has 2 aromatic carbocycles. The second-order valence-corrected chi connectivity index (χ2v) is 8.54. The number of halogens is 3. The van der Waals surface area contributed by atoms with E-state index in [1.165, 1.54) is 13.1 Å². The van der Waals surface area contributed by atoms with Gasteiger partial charge in [0.1, 0.15) is 5.75 Å². The van der Waals surface area contributed by atoms with Crippen LogP contribution in [0.5, 0.6) is 5.75 Å². The molecule has 0 fully saturated rings. The predicted molar refractivity (Wildman–Crippen MR) is 124 cm³/mol. The smallest absolute Gasteiger partial charge is 0.406 e. The standard InChI is InChI=1S/C22H22F3N5O4S/c1-30(19(32)11-27-20(33)15(26)9-13-5-3-2-4-6-13)12-18(31)29-21-28-16-8-7-14(10-17(16)35-21)34-22(23,24)25/h2-8,10,15H,9,11-12,26H2,1H3,(H,27,33)(H,28,29,31)/t15-/m1/s1. The number of rotatable bonds is 9. The molecule has 0 saturated heterocycles. The van der Waals surface area contributed by atoms with Crippen molar-refractivity contribution in [3.8, 4) is 5.75 Å². The van der Waals surface area contributed by atoms with Crippen LogP contribution in [-0.4, -0.2) is 60.1 Å². The van der Waals surface area contributed by atoms with E-state index >= 15 is 0 Å². The Kier molecular flexibility index (Phi) is 8.25. The van der Waals surface area contributed by atoms with Crippen LogP contribution in [0.3, 0.4) is 0 Å². The van der Waals surface area contributed by atoms with E-state index in [2.05, 4.69) is 20.4 Å². The van der Waals surface area contributed by atoms with Crippen molar-refractivity contribution in [3.05, 3.63) is 54.1 Å². The molecule has 1 atom stereocenters. The molecule has 1 heterocycles. The van der Waals surface area contributed by atoms with Crippen molar-refractivity contribution >= 4 is 44.4 Å². The van der Waals surface area contributed by atoms with E-state index in [0.29, 0.717) is 16.6 Å². The van der Waals surface area contributed by atoms with Crippen LogP contribution in [0.2, 0.25) is 0 Å². The number of fused-ring (bicyclic) bond motifs is 1. The Morgan fingerprint density at radius 2 is 1.89 bits per heavy atom. The summed E-state index contributed by atoms with van der Waals surface area (Å²) in [6, 6.07) is 12.0. The number of carbonyl (C=O) groups excluding carboxylic acids is 3. The summed E-state index contributed by atoms with van der Waals surface area (Å²) in [7, 11) is 1.39. The molecule has 9 nitrogen and oxygen atoms in total. The number of anilines is 1. The topological polar surface area (TPSA) is 127 Å². The highest BCUT2D eigenvalue weighted by Crippen LogP contribution is 2.31. The molecule has 13 heteroatoms. The molecule has 3 rings (SSSR count). The highest BCUT2D eigenvalue weighted by Gasteiger charge is 2.31. The Balaban J connectivity index is 1.47. The molecule has 35 heavy (non-hydrogen) atoms. The Morgan fingerprint density at radius 3 is 2.57 bits per heavy atom. The number of thiazole rings is 1. The van der Waals surface area contributed by atoms with E-state index in [1.54, 1.807) is 0 Å². The number of nitrogens with one attached hydrogen (secondary N) is 2. The van der Waals surface area contributed by atoms with Crippen LogP contribution < -0.4 is 21.1 Å². The molecule has 0 radical (unpaired) electrons. The minimum Gasteiger partial charge on any atom is -0.406 e. The highest BCUT2D eigenvalue weighted by atomic mass is 32.1. The van der Waals surface area contributed by atoms with Gasteiger partial charge >= 0.3 is 6.36 Å². The molecule has 0 bridgehead atoms. The van der Waals surface area contributed by atoms with Crippen molar-refractivity contribution in [3.63, 3.8) is 0 Å². The lowest BCUT2D eigenvalue weighted by atomic mass is 10.1. The number of aromatic nitrogens is 1. The minimum atomic E-state index is -4.82. The number of alkyl halides is 3. The maximum Gasteiger partial charge on any atom is 0.573 e. The Morgan fingerprint density at radius 1 is 1.17 bits per heavy atom. The second-order valence-electron chi connectivity index (χ2n) is 7.51. The molecule has 0 aliphatic heterocycles. The van der Waals surface area contributed by atoms with Crippen molar-refractivity contribution in [1.29, 1.82) is 0 Å². The van der Waals surface area contributed by atoms with E-state index in [4.69, 9.17) is 5.73 Å². The molecule has 0 aliphatic rings. The third-order valence-electron chi connectivity index (χ3n) is 4.70. The fraction of sp³-hybridized carbons (Fsp3) is 0.273. The van der Waals surface area contributed by atoms with Crippen LogP contribution >= 0.6 is 11.3 Å². The zero-order chi connectivity index (χ0) is 25.6. The van der Waals surface area contributed by atoms with Gasteiger partial charge in [-0.1, -0.05) is 41.7 Å². The van der Waals surface area contributed by atoms with E-state index in [1.807, 2.05) is 30.3 Å². The van der Waals surface area contributed by atoms with Gasteiger partial charge in [-0.15, -0.1) is 13.2 Å². The molecule has 3 aromatic rings. The molecular formula is C22H22F3N5O4S. The van der Waals surface area contributed by atoms with Gasteiger partial charge < -0.3 is 26.0 Å². The lowest BCUT2D eigenvalue weighted by Gasteiger charge is -2.18. The third-order valence-corrected chi connectivity index (χ3v) is 5.63. The number of amides is 3. The number of hydrogen-bond donors (Lipinski definition) is 3. The summed E-state index contributed by atoms with van der Waals surface area (Å²) in [5.41, 5.74) is 7.14. The SMILES string of the molecule is CN(CC(=O)Nc1nc2ccc(OC(F)(F)F)cc2s1)C(=O)CNC(=O)[C@H](N)Cc1ccccc1. The summed E-state index contributed by atoms with van der Waals surface area (Å²) in [6.45, 7) is -0.669. The van der Waals surface area contributed by atoms with Crippen LogP contribution in [0.15, 0.2) is 48.5 Å². The number of hydrogen-bond acceptors (Lipinski definition) is 7. The van der Waals surface area contributed by atoms with Crippen molar-refractivity contribution in [2.45, 2.75) is 18.8 Å². The second kappa shape index (κ2) is 11.1. The average Bonchev–Trinajstić information content (AvgIpc) is 3.17. The molecule has 1 aromatic heterocycles. The first-order chi connectivity index (χ1) is 16.5. The summed E-state index contributed by atoms with van der Waals surface area (Å²) in [5, 5.41) is 5.10. The molecule has 0 saturated carbocycles. The summed E-state index contributed by atoms with van der Waals surface area (Å²) in [6.07, 6.45) is -4.51. The number of benzene rings is 2. The van der Waals surface area contributed by atoms with Gasteiger partial charge in [0.05, 0.1) is 29.3 Å². The van der Waals surface area contributed by atoms with Crippen LogP contribution in [0.1, 0.15) is 5.56 Å². The Hall–Kier alpha value is -3.71. The van der Waals surface area contributed by atoms with Crippen LogP contribution in [0.4, 0.5) is 18.3 Å². The molecule has 4 N–H and O–H groups in total. The highest BCUT2D eigenvalue weighted by molar-refractivity contribution is 7.22.